The standard InChI is InChI=1S/C15H17NO2/c1-3-11-16(12-4-2)14-8-5-13(6-9-14)7-10-15(17)18/h1,5-10H,4,11-12H2,2H3,(H,17,18)/b10-7+. The molecule has 1 N–H and O–H groups in total. The van der Waals surface area contributed by atoms with E-state index < -0.39 is 5.97 Å². The highest BCUT2D eigenvalue weighted by Gasteiger charge is 2.03. The van der Waals surface area contributed by atoms with Crippen LogP contribution in [0.3, 0.4) is 0 Å². The van der Waals surface area contributed by atoms with Gasteiger partial charge in [-0.2, -0.15) is 0 Å². The van der Waals surface area contributed by atoms with Crippen molar-refractivity contribution in [3.8, 4) is 12.3 Å². The topological polar surface area (TPSA) is 40.5 Å². The minimum Gasteiger partial charge on any atom is -0.478 e. The summed E-state index contributed by atoms with van der Waals surface area (Å²) in [5.41, 5.74) is 1.92. The molecule has 0 aliphatic carbocycles. The zero-order valence-electron chi connectivity index (χ0n) is 10.5. The predicted molar refractivity (Wildman–Crippen MR) is 74.4 cm³/mol. The third-order valence-electron chi connectivity index (χ3n) is 2.45. The zero-order valence-corrected chi connectivity index (χ0v) is 10.5. The molecule has 0 aliphatic rings. The lowest BCUT2D eigenvalue weighted by molar-refractivity contribution is -0.131. The molecule has 0 unspecified atom stereocenters. The van der Waals surface area contributed by atoms with Gasteiger partial charge in [-0.1, -0.05) is 25.0 Å². The lowest BCUT2D eigenvalue weighted by atomic mass is 10.1. The van der Waals surface area contributed by atoms with Crippen molar-refractivity contribution in [3.05, 3.63) is 35.9 Å². The van der Waals surface area contributed by atoms with E-state index in [1.54, 1.807) is 6.08 Å². The number of rotatable bonds is 6. The van der Waals surface area contributed by atoms with Gasteiger partial charge in [0.25, 0.3) is 0 Å². The molecule has 0 spiro atoms. The van der Waals surface area contributed by atoms with Gasteiger partial charge in [-0.3, -0.25) is 0 Å². The summed E-state index contributed by atoms with van der Waals surface area (Å²) < 4.78 is 0. The van der Waals surface area contributed by atoms with E-state index in [-0.39, 0.29) is 0 Å². The molecule has 0 aromatic heterocycles. The largest absolute Gasteiger partial charge is 0.478 e. The number of aliphatic carboxylic acids is 1. The first-order valence-electron chi connectivity index (χ1n) is 5.87. The van der Waals surface area contributed by atoms with E-state index in [0.717, 1.165) is 30.3 Å². The second-order valence-electron chi connectivity index (χ2n) is 3.89. The van der Waals surface area contributed by atoms with Gasteiger partial charge in [-0.15, -0.1) is 6.42 Å². The van der Waals surface area contributed by atoms with Gasteiger partial charge in [0, 0.05) is 18.3 Å². The summed E-state index contributed by atoms with van der Waals surface area (Å²) in [7, 11) is 0. The number of carbonyl (C=O) groups is 1. The number of anilines is 1. The predicted octanol–water partition coefficient (Wildman–Crippen LogP) is 2.63. The minimum absolute atomic E-state index is 0.581. The van der Waals surface area contributed by atoms with E-state index in [1.807, 2.05) is 24.3 Å². The van der Waals surface area contributed by atoms with E-state index in [9.17, 15) is 4.79 Å². The summed E-state index contributed by atoms with van der Waals surface area (Å²) in [5, 5.41) is 8.54. The van der Waals surface area contributed by atoms with Crippen molar-refractivity contribution in [2.75, 3.05) is 18.0 Å². The molecule has 3 heteroatoms. The van der Waals surface area contributed by atoms with Crippen LogP contribution in [0.25, 0.3) is 6.08 Å². The Hall–Kier alpha value is -2.21. The molecule has 18 heavy (non-hydrogen) atoms. The molecular weight excluding hydrogens is 226 g/mol. The first-order valence-corrected chi connectivity index (χ1v) is 5.87. The summed E-state index contributed by atoms with van der Waals surface area (Å²) >= 11 is 0. The van der Waals surface area contributed by atoms with Crippen LogP contribution >= 0.6 is 0 Å². The lowest BCUT2D eigenvalue weighted by Crippen LogP contribution is -2.24. The molecule has 0 aliphatic heterocycles. The number of carboxylic acid groups (broad SMARTS) is 1. The second-order valence-corrected chi connectivity index (χ2v) is 3.89. The van der Waals surface area contributed by atoms with Gasteiger partial charge in [0.15, 0.2) is 0 Å². The van der Waals surface area contributed by atoms with Gasteiger partial charge in [0.05, 0.1) is 6.54 Å². The van der Waals surface area contributed by atoms with E-state index in [1.165, 1.54) is 0 Å². The monoisotopic (exact) mass is 243 g/mol. The highest BCUT2D eigenvalue weighted by atomic mass is 16.4. The molecule has 0 amide bonds. The van der Waals surface area contributed by atoms with Crippen molar-refractivity contribution in [1.82, 2.24) is 0 Å². The van der Waals surface area contributed by atoms with Crippen LogP contribution in [0.4, 0.5) is 5.69 Å². The molecule has 0 fully saturated rings. The summed E-state index contributed by atoms with van der Waals surface area (Å²) in [6.45, 7) is 3.60. The fraction of sp³-hybridized carbons (Fsp3) is 0.267. The van der Waals surface area contributed by atoms with Crippen molar-refractivity contribution in [2.45, 2.75) is 13.3 Å². The Morgan fingerprint density at radius 3 is 2.61 bits per heavy atom. The van der Waals surface area contributed by atoms with Crippen LogP contribution in [0.2, 0.25) is 0 Å². The number of terminal acetylenes is 1. The lowest BCUT2D eigenvalue weighted by Gasteiger charge is -2.21. The van der Waals surface area contributed by atoms with Crippen molar-refractivity contribution in [1.29, 1.82) is 0 Å². The molecule has 0 saturated heterocycles. The Bertz CT molecular complexity index is 454. The van der Waals surface area contributed by atoms with Crippen molar-refractivity contribution in [2.24, 2.45) is 0 Å². The molecule has 1 rings (SSSR count). The maximum atomic E-state index is 10.4. The SMILES string of the molecule is C#CCN(CCC)c1ccc(/C=C/C(=O)O)cc1. The third-order valence-corrected chi connectivity index (χ3v) is 2.45. The number of hydrogen-bond acceptors (Lipinski definition) is 2. The van der Waals surface area contributed by atoms with Crippen molar-refractivity contribution < 1.29 is 9.90 Å². The molecule has 94 valence electrons. The smallest absolute Gasteiger partial charge is 0.328 e. The number of nitrogens with zero attached hydrogens (tertiary/aromatic N) is 1. The summed E-state index contributed by atoms with van der Waals surface area (Å²) in [5.74, 6) is 1.69. The van der Waals surface area contributed by atoms with E-state index in [4.69, 9.17) is 11.5 Å². The van der Waals surface area contributed by atoms with Gasteiger partial charge in [0.2, 0.25) is 0 Å². The quantitative estimate of drug-likeness (QED) is 0.617. The van der Waals surface area contributed by atoms with Gasteiger partial charge in [0.1, 0.15) is 0 Å². The maximum absolute atomic E-state index is 10.4. The van der Waals surface area contributed by atoms with Gasteiger partial charge in [-0.05, 0) is 30.2 Å². The van der Waals surface area contributed by atoms with Crippen LogP contribution in [-0.4, -0.2) is 24.2 Å². The molecule has 1 aromatic rings. The fourth-order valence-electron chi connectivity index (χ4n) is 1.64. The van der Waals surface area contributed by atoms with E-state index in [0.29, 0.717) is 6.54 Å². The third kappa shape index (κ3) is 4.34. The summed E-state index contributed by atoms with van der Waals surface area (Å²) in [6.07, 6.45) is 9.06. The zero-order chi connectivity index (χ0) is 13.4. The maximum Gasteiger partial charge on any atom is 0.328 e. The number of hydrogen-bond donors (Lipinski definition) is 1. The molecule has 0 heterocycles. The van der Waals surface area contributed by atoms with Crippen molar-refractivity contribution in [3.63, 3.8) is 0 Å². The molecular formula is C15H17NO2. The number of carboxylic acids is 1. The van der Waals surface area contributed by atoms with Crippen LogP contribution in [0, 0.1) is 12.3 Å². The summed E-state index contributed by atoms with van der Waals surface area (Å²) in [6, 6.07) is 7.67. The molecule has 0 saturated carbocycles. The molecule has 1 aromatic carbocycles. The van der Waals surface area contributed by atoms with Gasteiger partial charge >= 0.3 is 5.97 Å². The normalized spacial score (nSPS) is 10.2. The average Bonchev–Trinajstić information content (AvgIpc) is 2.37. The fourth-order valence-corrected chi connectivity index (χ4v) is 1.64. The first-order chi connectivity index (χ1) is 8.67. The Balaban J connectivity index is 2.80. The Morgan fingerprint density at radius 2 is 2.11 bits per heavy atom. The van der Waals surface area contributed by atoms with Crippen LogP contribution in [0.5, 0.6) is 0 Å². The molecule has 0 bridgehead atoms. The van der Waals surface area contributed by atoms with Gasteiger partial charge < -0.3 is 10.0 Å². The van der Waals surface area contributed by atoms with Crippen LogP contribution in [0.15, 0.2) is 30.3 Å². The second kappa shape index (κ2) is 7.18. The van der Waals surface area contributed by atoms with E-state index >= 15 is 0 Å². The molecule has 0 atom stereocenters. The van der Waals surface area contributed by atoms with Crippen molar-refractivity contribution >= 4 is 17.7 Å². The van der Waals surface area contributed by atoms with Crippen LogP contribution in [0.1, 0.15) is 18.9 Å². The number of benzene rings is 1. The van der Waals surface area contributed by atoms with Gasteiger partial charge in [-0.25, -0.2) is 4.79 Å². The Kier molecular flexibility index (Phi) is 5.53. The minimum atomic E-state index is -0.945. The van der Waals surface area contributed by atoms with E-state index in [2.05, 4.69) is 17.7 Å². The Labute approximate surface area is 108 Å². The van der Waals surface area contributed by atoms with Crippen LogP contribution in [-0.2, 0) is 4.79 Å². The average molecular weight is 243 g/mol. The Morgan fingerprint density at radius 1 is 1.44 bits per heavy atom. The highest BCUT2D eigenvalue weighted by molar-refractivity contribution is 5.85. The molecule has 0 radical (unpaired) electrons. The highest BCUT2D eigenvalue weighted by Crippen LogP contribution is 2.16. The summed E-state index contributed by atoms with van der Waals surface area (Å²) in [4.78, 5) is 12.5. The first kappa shape index (κ1) is 13.9. The van der Waals surface area contributed by atoms with Crippen LogP contribution < -0.4 is 4.90 Å². The molecule has 3 nitrogen and oxygen atoms in total.